The van der Waals surface area contributed by atoms with Crippen molar-refractivity contribution < 1.29 is 0 Å². The van der Waals surface area contributed by atoms with E-state index in [4.69, 9.17) is 0 Å². The van der Waals surface area contributed by atoms with E-state index in [0.717, 1.165) is 6.42 Å². The van der Waals surface area contributed by atoms with Gasteiger partial charge in [-0.2, -0.15) is 0 Å². The van der Waals surface area contributed by atoms with E-state index in [9.17, 15) is 0 Å². The number of aromatic nitrogens is 1. The SMILES string of the molecule is C(=C(\Cc1ccc(-c2ccc3c(c2)c2ccccc2n3-c2ccccc2)c(-c2ccccc2)c1)c1ccc(-c2ccccc2)cc1)/c1ccc(-c2ccccc2)cc1. The lowest BCUT2D eigenvalue weighted by atomic mass is 9.89. The number of hydrogen-bond acceptors (Lipinski definition) is 0. The van der Waals surface area contributed by atoms with Crippen molar-refractivity contribution >= 4 is 33.5 Å². The molecule has 0 bridgehead atoms. The van der Waals surface area contributed by atoms with E-state index in [1.54, 1.807) is 0 Å². The van der Waals surface area contributed by atoms with E-state index in [2.05, 4.69) is 241 Å². The average molecular weight is 740 g/mol. The highest BCUT2D eigenvalue weighted by Gasteiger charge is 2.16. The van der Waals surface area contributed by atoms with Gasteiger partial charge < -0.3 is 4.57 Å². The summed E-state index contributed by atoms with van der Waals surface area (Å²) in [5, 5.41) is 2.51. The van der Waals surface area contributed by atoms with E-state index in [1.807, 2.05) is 0 Å². The van der Waals surface area contributed by atoms with Gasteiger partial charge in [0.25, 0.3) is 0 Å². The lowest BCUT2D eigenvalue weighted by Crippen LogP contribution is -1.95. The van der Waals surface area contributed by atoms with Crippen LogP contribution >= 0.6 is 0 Å². The quantitative estimate of drug-likeness (QED) is 0.130. The maximum Gasteiger partial charge on any atom is 0.0541 e. The number of para-hydroxylation sites is 2. The van der Waals surface area contributed by atoms with E-state index in [0.29, 0.717) is 0 Å². The molecule has 1 heteroatoms. The third-order valence-corrected chi connectivity index (χ3v) is 11.3. The minimum atomic E-state index is 0.787. The number of allylic oxidation sites excluding steroid dienone is 1. The van der Waals surface area contributed by atoms with Gasteiger partial charge in [0, 0.05) is 16.5 Å². The predicted octanol–water partition coefficient (Wildman–Crippen LogP) is 15.2. The van der Waals surface area contributed by atoms with Gasteiger partial charge in [0.1, 0.15) is 0 Å². The van der Waals surface area contributed by atoms with Crippen molar-refractivity contribution in [1.29, 1.82) is 0 Å². The van der Waals surface area contributed by atoms with Gasteiger partial charge in [0.05, 0.1) is 11.0 Å². The van der Waals surface area contributed by atoms with Crippen molar-refractivity contribution in [3.63, 3.8) is 0 Å². The second-order valence-electron chi connectivity index (χ2n) is 14.9. The van der Waals surface area contributed by atoms with Gasteiger partial charge in [-0.25, -0.2) is 0 Å². The minimum absolute atomic E-state index is 0.787. The lowest BCUT2D eigenvalue weighted by Gasteiger charge is -2.16. The Morgan fingerprint density at radius 1 is 0.362 bits per heavy atom. The van der Waals surface area contributed by atoms with Crippen LogP contribution in [0.25, 0.3) is 83.6 Å². The molecule has 10 rings (SSSR count). The lowest BCUT2D eigenvalue weighted by molar-refractivity contribution is 1.18. The summed E-state index contributed by atoms with van der Waals surface area (Å²) in [7, 11) is 0. The molecule has 0 unspecified atom stereocenters. The summed E-state index contributed by atoms with van der Waals surface area (Å²) < 4.78 is 2.38. The van der Waals surface area contributed by atoms with E-state index < -0.39 is 0 Å². The minimum Gasteiger partial charge on any atom is -0.309 e. The van der Waals surface area contributed by atoms with Gasteiger partial charge >= 0.3 is 0 Å². The molecule has 0 radical (unpaired) electrons. The fourth-order valence-corrected chi connectivity index (χ4v) is 8.37. The smallest absolute Gasteiger partial charge is 0.0541 e. The Bertz CT molecular complexity index is 3010. The molecular weight excluding hydrogens is 699 g/mol. The van der Waals surface area contributed by atoms with Gasteiger partial charge in [0.15, 0.2) is 0 Å². The van der Waals surface area contributed by atoms with Crippen LogP contribution < -0.4 is 0 Å². The first kappa shape index (κ1) is 35.0. The van der Waals surface area contributed by atoms with Crippen molar-refractivity contribution in [3.8, 4) is 50.2 Å². The van der Waals surface area contributed by atoms with E-state index in [-0.39, 0.29) is 0 Å². The Morgan fingerprint density at radius 2 is 0.879 bits per heavy atom. The Balaban J connectivity index is 1.07. The molecule has 0 aliphatic heterocycles. The zero-order valence-electron chi connectivity index (χ0n) is 32.2. The molecule has 0 N–H and O–H groups in total. The molecule has 0 aliphatic carbocycles. The molecule has 1 aromatic heterocycles. The molecule has 0 saturated heterocycles. The number of fused-ring (bicyclic) bond motifs is 3. The molecule has 9 aromatic carbocycles. The number of nitrogens with zero attached hydrogens (tertiary/aromatic N) is 1. The monoisotopic (exact) mass is 739 g/mol. The van der Waals surface area contributed by atoms with Crippen molar-refractivity contribution in [2.24, 2.45) is 0 Å². The normalized spacial score (nSPS) is 11.6. The van der Waals surface area contributed by atoms with Crippen molar-refractivity contribution in [3.05, 3.63) is 247 Å². The molecule has 10 aromatic rings. The first-order valence-corrected chi connectivity index (χ1v) is 20.0. The highest BCUT2D eigenvalue weighted by Crippen LogP contribution is 2.39. The standard InChI is InChI=1S/C57H41N/c1-5-15-43(16-6-1)45-28-25-41(26-29-45)37-50(47-32-30-46(31-33-47)44-17-7-2-8-18-44)38-42-27-35-52(54(39-42)48-19-9-3-10-20-48)49-34-36-57-55(40-49)53-23-13-14-24-56(53)58(57)51-21-11-4-12-22-51/h1-37,39-40H,38H2/b50-37-. The molecule has 1 heterocycles. The number of benzene rings is 9. The molecule has 0 fully saturated rings. The molecule has 274 valence electrons. The van der Waals surface area contributed by atoms with Crippen LogP contribution in [0.5, 0.6) is 0 Å². The Hall–Kier alpha value is -7.48. The molecule has 0 atom stereocenters. The summed E-state index contributed by atoms with van der Waals surface area (Å²) in [6, 6.07) is 83.5. The fraction of sp³-hybridized carbons (Fsp3) is 0.0175. The van der Waals surface area contributed by atoms with Crippen LogP contribution in [0.4, 0.5) is 0 Å². The second kappa shape index (κ2) is 15.6. The topological polar surface area (TPSA) is 4.93 Å². The maximum absolute atomic E-state index is 2.41. The van der Waals surface area contributed by atoms with Crippen LogP contribution in [0.2, 0.25) is 0 Å². The van der Waals surface area contributed by atoms with Crippen LogP contribution in [-0.2, 0) is 6.42 Å². The maximum atomic E-state index is 2.41. The van der Waals surface area contributed by atoms with Gasteiger partial charge in [-0.1, -0.05) is 206 Å². The summed E-state index contributed by atoms with van der Waals surface area (Å²) in [4.78, 5) is 0. The summed E-state index contributed by atoms with van der Waals surface area (Å²) in [5.41, 5.74) is 18.3. The zero-order valence-corrected chi connectivity index (χ0v) is 32.2. The summed E-state index contributed by atoms with van der Waals surface area (Å²) in [6.45, 7) is 0. The van der Waals surface area contributed by atoms with Gasteiger partial charge in [-0.05, 0) is 104 Å². The van der Waals surface area contributed by atoms with Crippen molar-refractivity contribution in [2.75, 3.05) is 0 Å². The number of rotatable bonds is 9. The largest absolute Gasteiger partial charge is 0.309 e. The predicted molar refractivity (Wildman–Crippen MR) is 247 cm³/mol. The van der Waals surface area contributed by atoms with Crippen LogP contribution in [0.15, 0.2) is 231 Å². The van der Waals surface area contributed by atoms with Crippen LogP contribution in [0.3, 0.4) is 0 Å². The first-order chi connectivity index (χ1) is 28.7. The van der Waals surface area contributed by atoms with Crippen molar-refractivity contribution in [1.82, 2.24) is 4.57 Å². The molecular formula is C57H41N. The zero-order chi connectivity index (χ0) is 38.7. The highest BCUT2D eigenvalue weighted by molar-refractivity contribution is 6.10. The van der Waals surface area contributed by atoms with E-state index in [1.165, 1.54) is 94.3 Å². The fourth-order valence-electron chi connectivity index (χ4n) is 8.37. The van der Waals surface area contributed by atoms with E-state index >= 15 is 0 Å². The highest BCUT2D eigenvalue weighted by atomic mass is 15.0. The molecule has 0 aliphatic rings. The Labute approximate surface area is 340 Å². The third kappa shape index (κ3) is 6.95. The molecule has 58 heavy (non-hydrogen) atoms. The molecule has 0 saturated carbocycles. The van der Waals surface area contributed by atoms with Gasteiger partial charge in [0.2, 0.25) is 0 Å². The van der Waals surface area contributed by atoms with Crippen LogP contribution in [0, 0.1) is 0 Å². The average Bonchev–Trinajstić information content (AvgIpc) is 3.64. The molecule has 0 amide bonds. The number of hydrogen-bond donors (Lipinski definition) is 0. The molecule has 0 spiro atoms. The Morgan fingerprint density at radius 3 is 1.53 bits per heavy atom. The molecule has 1 nitrogen and oxygen atoms in total. The van der Waals surface area contributed by atoms with Gasteiger partial charge in [-0.3, -0.25) is 0 Å². The first-order valence-electron chi connectivity index (χ1n) is 20.0. The van der Waals surface area contributed by atoms with Gasteiger partial charge in [-0.15, -0.1) is 0 Å². The third-order valence-electron chi connectivity index (χ3n) is 11.3. The van der Waals surface area contributed by atoms with Crippen LogP contribution in [-0.4, -0.2) is 4.57 Å². The Kier molecular flexibility index (Phi) is 9.39. The summed E-state index contributed by atoms with van der Waals surface area (Å²) in [6.07, 6.45) is 3.15. The summed E-state index contributed by atoms with van der Waals surface area (Å²) in [5.74, 6) is 0. The van der Waals surface area contributed by atoms with Crippen molar-refractivity contribution in [2.45, 2.75) is 6.42 Å². The van der Waals surface area contributed by atoms with Crippen LogP contribution in [0.1, 0.15) is 16.7 Å². The second-order valence-corrected chi connectivity index (χ2v) is 14.9. The summed E-state index contributed by atoms with van der Waals surface area (Å²) >= 11 is 0.